The van der Waals surface area contributed by atoms with Crippen LogP contribution in [0.15, 0.2) is 30.9 Å². The highest BCUT2D eigenvalue weighted by molar-refractivity contribution is 5.61. The molecule has 16 heavy (non-hydrogen) atoms. The molecule has 0 saturated heterocycles. The van der Waals surface area contributed by atoms with E-state index in [1.807, 2.05) is 10.8 Å². The largest absolute Gasteiger partial charge is 0.396 e. The van der Waals surface area contributed by atoms with Crippen LogP contribution in [0, 0.1) is 0 Å². The van der Waals surface area contributed by atoms with Gasteiger partial charge in [0.1, 0.15) is 11.6 Å². The van der Waals surface area contributed by atoms with Gasteiger partial charge in [-0.3, -0.25) is 0 Å². The van der Waals surface area contributed by atoms with Crippen LogP contribution in [0.3, 0.4) is 0 Å². The van der Waals surface area contributed by atoms with Crippen molar-refractivity contribution in [3.63, 3.8) is 0 Å². The lowest BCUT2D eigenvalue weighted by molar-refractivity contribution is 0.725. The molecule has 2 aromatic rings. The number of aromatic nitrogens is 3. The molecule has 0 amide bonds. The number of hydrogen-bond acceptors (Lipinski definition) is 5. The van der Waals surface area contributed by atoms with E-state index < -0.39 is 0 Å². The molecule has 0 spiro atoms. The average molecular weight is 218 g/mol. The molecule has 0 fully saturated rings. The maximum Gasteiger partial charge on any atom is 0.149 e. The van der Waals surface area contributed by atoms with Gasteiger partial charge in [0, 0.05) is 25.5 Å². The number of nitrogens with zero attached hydrogens (tertiary/aromatic N) is 3. The summed E-state index contributed by atoms with van der Waals surface area (Å²) >= 11 is 0. The predicted molar refractivity (Wildman–Crippen MR) is 63.8 cm³/mol. The summed E-state index contributed by atoms with van der Waals surface area (Å²) in [6, 6.07) is 3.54. The van der Waals surface area contributed by atoms with E-state index in [1.165, 1.54) is 0 Å². The van der Waals surface area contributed by atoms with Gasteiger partial charge in [0.2, 0.25) is 0 Å². The van der Waals surface area contributed by atoms with Crippen molar-refractivity contribution in [3.8, 4) is 0 Å². The molecule has 84 valence electrons. The maximum absolute atomic E-state index is 5.60. The average Bonchev–Trinajstić information content (AvgIpc) is 2.76. The summed E-state index contributed by atoms with van der Waals surface area (Å²) in [7, 11) is 0. The second-order valence-electron chi connectivity index (χ2n) is 3.40. The molecule has 2 rings (SSSR count). The van der Waals surface area contributed by atoms with E-state index in [-0.39, 0.29) is 0 Å². The SMILES string of the molecule is Nc1ccc(NCCn2ccnc2)nc1N. The normalized spacial score (nSPS) is 10.2. The smallest absolute Gasteiger partial charge is 0.149 e. The van der Waals surface area contributed by atoms with Gasteiger partial charge in [0.15, 0.2) is 0 Å². The van der Waals surface area contributed by atoms with Crippen molar-refractivity contribution < 1.29 is 0 Å². The number of nitrogens with two attached hydrogens (primary N) is 2. The maximum atomic E-state index is 5.60. The van der Waals surface area contributed by atoms with Crippen molar-refractivity contribution in [2.45, 2.75) is 6.54 Å². The van der Waals surface area contributed by atoms with E-state index in [1.54, 1.807) is 24.7 Å². The highest BCUT2D eigenvalue weighted by Crippen LogP contribution is 2.14. The van der Waals surface area contributed by atoms with Crippen LogP contribution in [0.25, 0.3) is 0 Å². The third-order valence-corrected chi connectivity index (χ3v) is 2.19. The van der Waals surface area contributed by atoms with E-state index in [0.717, 1.165) is 18.9 Å². The van der Waals surface area contributed by atoms with Crippen molar-refractivity contribution in [2.24, 2.45) is 0 Å². The van der Waals surface area contributed by atoms with Gasteiger partial charge in [0.25, 0.3) is 0 Å². The first-order valence-electron chi connectivity index (χ1n) is 4.97. The summed E-state index contributed by atoms with van der Waals surface area (Å²) in [5, 5.41) is 3.16. The van der Waals surface area contributed by atoms with Crippen LogP contribution in [0.1, 0.15) is 0 Å². The first-order valence-corrected chi connectivity index (χ1v) is 4.97. The summed E-state index contributed by atoms with van der Waals surface area (Å²) in [5.41, 5.74) is 11.7. The third-order valence-electron chi connectivity index (χ3n) is 2.19. The lowest BCUT2D eigenvalue weighted by Gasteiger charge is -2.07. The topological polar surface area (TPSA) is 94.8 Å². The van der Waals surface area contributed by atoms with Gasteiger partial charge in [-0.05, 0) is 12.1 Å². The van der Waals surface area contributed by atoms with Gasteiger partial charge in [-0.25, -0.2) is 9.97 Å². The Morgan fingerprint density at radius 3 is 2.88 bits per heavy atom. The van der Waals surface area contributed by atoms with Crippen molar-refractivity contribution >= 4 is 17.3 Å². The van der Waals surface area contributed by atoms with Gasteiger partial charge in [-0.2, -0.15) is 0 Å². The highest BCUT2D eigenvalue weighted by atomic mass is 15.1. The first kappa shape index (κ1) is 10.3. The molecule has 0 bridgehead atoms. The second-order valence-corrected chi connectivity index (χ2v) is 3.40. The minimum atomic E-state index is 0.354. The molecule has 0 saturated carbocycles. The van der Waals surface area contributed by atoms with Gasteiger partial charge in [-0.15, -0.1) is 0 Å². The predicted octanol–water partition coefficient (Wildman–Crippen LogP) is 0.555. The number of nitrogen functional groups attached to an aromatic ring is 2. The van der Waals surface area contributed by atoms with Crippen molar-refractivity contribution in [2.75, 3.05) is 23.3 Å². The van der Waals surface area contributed by atoms with E-state index in [4.69, 9.17) is 11.5 Å². The van der Waals surface area contributed by atoms with E-state index in [9.17, 15) is 0 Å². The molecule has 6 nitrogen and oxygen atoms in total. The van der Waals surface area contributed by atoms with E-state index >= 15 is 0 Å². The molecule has 2 aromatic heterocycles. The molecule has 0 unspecified atom stereocenters. The summed E-state index contributed by atoms with van der Waals surface area (Å²) in [6.07, 6.45) is 5.43. The molecule has 0 aliphatic carbocycles. The Labute approximate surface area is 93.3 Å². The molecule has 0 atom stereocenters. The Kier molecular flexibility index (Phi) is 2.90. The molecular formula is C10H14N6. The number of hydrogen-bond donors (Lipinski definition) is 3. The Morgan fingerprint density at radius 1 is 1.31 bits per heavy atom. The van der Waals surface area contributed by atoms with Crippen LogP contribution in [0.5, 0.6) is 0 Å². The molecule has 0 aromatic carbocycles. The van der Waals surface area contributed by atoms with Crippen LogP contribution in [-0.2, 0) is 6.54 Å². The van der Waals surface area contributed by atoms with Crippen LogP contribution in [0.2, 0.25) is 0 Å². The third kappa shape index (κ3) is 2.41. The lowest BCUT2D eigenvalue weighted by Crippen LogP contribution is -2.11. The van der Waals surface area contributed by atoms with E-state index in [0.29, 0.717) is 11.5 Å². The van der Waals surface area contributed by atoms with Crippen LogP contribution < -0.4 is 16.8 Å². The Morgan fingerprint density at radius 2 is 2.19 bits per heavy atom. The zero-order chi connectivity index (χ0) is 11.4. The standard InChI is InChI=1S/C10H14N6/c11-8-1-2-9(15-10(8)12)14-4-6-16-5-3-13-7-16/h1-3,5,7H,4,6,11H2,(H3,12,14,15). The van der Waals surface area contributed by atoms with Gasteiger partial charge in [0.05, 0.1) is 12.0 Å². The number of pyridine rings is 1. The van der Waals surface area contributed by atoms with Crippen LogP contribution in [-0.4, -0.2) is 21.1 Å². The Bertz CT molecular complexity index is 450. The summed E-state index contributed by atoms with van der Waals surface area (Å²) in [6.45, 7) is 1.58. The quantitative estimate of drug-likeness (QED) is 0.696. The molecular weight excluding hydrogens is 204 g/mol. The molecule has 6 heteroatoms. The van der Waals surface area contributed by atoms with Gasteiger partial charge in [-0.1, -0.05) is 0 Å². The van der Waals surface area contributed by atoms with Crippen LogP contribution in [0.4, 0.5) is 17.3 Å². The molecule has 0 aliphatic rings. The van der Waals surface area contributed by atoms with Crippen molar-refractivity contribution in [1.29, 1.82) is 0 Å². The monoisotopic (exact) mass is 218 g/mol. The minimum absolute atomic E-state index is 0.354. The number of imidazole rings is 1. The molecule has 0 aliphatic heterocycles. The van der Waals surface area contributed by atoms with Crippen LogP contribution >= 0.6 is 0 Å². The summed E-state index contributed by atoms with van der Waals surface area (Å²) in [4.78, 5) is 8.06. The Balaban J connectivity index is 1.87. The fourth-order valence-corrected chi connectivity index (χ4v) is 1.32. The fraction of sp³-hybridized carbons (Fsp3) is 0.200. The molecule has 5 N–H and O–H groups in total. The van der Waals surface area contributed by atoms with Crippen molar-refractivity contribution in [3.05, 3.63) is 30.9 Å². The van der Waals surface area contributed by atoms with E-state index in [2.05, 4.69) is 15.3 Å². The number of nitrogens with one attached hydrogen (secondary N) is 1. The molecule has 2 heterocycles. The Hall–Kier alpha value is -2.24. The minimum Gasteiger partial charge on any atom is -0.396 e. The summed E-state index contributed by atoms with van der Waals surface area (Å²) in [5.74, 6) is 1.08. The lowest BCUT2D eigenvalue weighted by atomic mass is 10.4. The number of rotatable bonds is 4. The highest BCUT2D eigenvalue weighted by Gasteiger charge is 1.98. The van der Waals surface area contributed by atoms with Gasteiger partial charge >= 0.3 is 0 Å². The molecule has 0 radical (unpaired) electrons. The fourth-order valence-electron chi connectivity index (χ4n) is 1.32. The number of anilines is 3. The van der Waals surface area contributed by atoms with Crippen molar-refractivity contribution in [1.82, 2.24) is 14.5 Å². The zero-order valence-corrected chi connectivity index (χ0v) is 8.80. The zero-order valence-electron chi connectivity index (χ0n) is 8.80. The summed E-state index contributed by atoms with van der Waals surface area (Å²) < 4.78 is 1.98. The first-order chi connectivity index (χ1) is 7.75. The second kappa shape index (κ2) is 4.52. The van der Waals surface area contributed by atoms with Gasteiger partial charge < -0.3 is 21.4 Å².